The first-order valence-corrected chi connectivity index (χ1v) is 7.64. The van der Waals surface area contributed by atoms with Gasteiger partial charge in [0.2, 0.25) is 5.91 Å². The standard InChI is InChI=1S/C17H23NO3/c1-12-5-4-6-13(11-12)9-10-18-16(19)14-7-2-3-8-15(14)17(20)21/h4-6,11,14-15H,2-3,7-10H2,1H3,(H,18,19)(H,20,21)/t14-,15+/m1/s1. The average molecular weight is 289 g/mol. The van der Waals surface area contributed by atoms with E-state index < -0.39 is 11.9 Å². The highest BCUT2D eigenvalue weighted by Crippen LogP contribution is 2.30. The number of aryl methyl sites for hydroxylation is 1. The van der Waals surface area contributed by atoms with Crippen LogP contribution in [0.15, 0.2) is 24.3 Å². The van der Waals surface area contributed by atoms with Gasteiger partial charge >= 0.3 is 5.97 Å². The summed E-state index contributed by atoms with van der Waals surface area (Å²) in [5.74, 6) is -1.82. The maximum atomic E-state index is 12.2. The van der Waals surface area contributed by atoms with Gasteiger partial charge in [-0.25, -0.2) is 0 Å². The van der Waals surface area contributed by atoms with Gasteiger partial charge in [-0.2, -0.15) is 0 Å². The number of carboxylic acids is 1. The Kier molecular flexibility index (Phi) is 5.37. The van der Waals surface area contributed by atoms with Crippen molar-refractivity contribution >= 4 is 11.9 Å². The molecule has 2 rings (SSSR count). The summed E-state index contributed by atoms with van der Waals surface area (Å²) < 4.78 is 0. The van der Waals surface area contributed by atoms with Crippen molar-refractivity contribution in [1.29, 1.82) is 0 Å². The molecule has 0 aromatic heterocycles. The number of carbonyl (C=O) groups excluding carboxylic acids is 1. The number of benzene rings is 1. The second-order valence-electron chi connectivity index (χ2n) is 5.87. The zero-order valence-corrected chi connectivity index (χ0v) is 12.5. The van der Waals surface area contributed by atoms with E-state index in [1.54, 1.807) is 0 Å². The van der Waals surface area contributed by atoms with E-state index in [4.69, 9.17) is 0 Å². The van der Waals surface area contributed by atoms with Gasteiger partial charge in [0.05, 0.1) is 11.8 Å². The first-order valence-electron chi connectivity index (χ1n) is 7.64. The van der Waals surface area contributed by atoms with Crippen LogP contribution in [0.25, 0.3) is 0 Å². The highest BCUT2D eigenvalue weighted by atomic mass is 16.4. The predicted molar refractivity (Wildman–Crippen MR) is 81.0 cm³/mol. The van der Waals surface area contributed by atoms with Crippen LogP contribution in [0.1, 0.15) is 36.8 Å². The molecule has 4 nitrogen and oxygen atoms in total. The lowest BCUT2D eigenvalue weighted by molar-refractivity contribution is -0.148. The minimum atomic E-state index is -0.839. The molecule has 4 heteroatoms. The SMILES string of the molecule is Cc1cccc(CCNC(=O)[C@@H]2CCCC[C@@H]2C(=O)O)c1. The summed E-state index contributed by atoms with van der Waals surface area (Å²) in [6.07, 6.45) is 3.93. The molecule has 0 heterocycles. The maximum Gasteiger partial charge on any atom is 0.307 e. The molecule has 2 atom stereocenters. The molecule has 2 N–H and O–H groups in total. The fourth-order valence-electron chi connectivity index (χ4n) is 3.07. The molecule has 1 aliphatic carbocycles. The monoisotopic (exact) mass is 289 g/mol. The van der Waals surface area contributed by atoms with Gasteiger partial charge in [0.15, 0.2) is 0 Å². The number of carboxylic acid groups (broad SMARTS) is 1. The number of hydrogen-bond acceptors (Lipinski definition) is 2. The van der Waals surface area contributed by atoms with Gasteiger partial charge in [-0.15, -0.1) is 0 Å². The van der Waals surface area contributed by atoms with Crippen molar-refractivity contribution < 1.29 is 14.7 Å². The third-order valence-electron chi connectivity index (χ3n) is 4.22. The van der Waals surface area contributed by atoms with Gasteiger partial charge in [-0.05, 0) is 31.7 Å². The van der Waals surface area contributed by atoms with Crippen molar-refractivity contribution in [1.82, 2.24) is 5.32 Å². The molecule has 1 amide bonds. The Morgan fingerprint density at radius 2 is 1.95 bits per heavy atom. The van der Waals surface area contributed by atoms with Crippen molar-refractivity contribution in [2.75, 3.05) is 6.54 Å². The lowest BCUT2D eigenvalue weighted by Crippen LogP contribution is -2.40. The van der Waals surface area contributed by atoms with E-state index in [1.165, 1.54) is 11.1 Å². The number of amides is 1. The highest BCUT2D eigenvalue weighted by Gasteiger charge is 2.35. The summed E-state index contributed by atoms with van der Waals surface area (Å²) in [6.45, 7) is 2.60. The summed E-state index contributed by atoms with van der Waals surface area (Å²) in [5.41, 5.74) is 2.39. The molecule has 0 saturated heterocycles. The van der Waals surface area contributed by atoms with Crippen LogP contribution < -0.4 is 5.32 Å². The average Bonchev–Trinajstić information content (AvgIpc) is 2.47. The van der Waals surface area contributed by atoms with Crippen LogP contribution in [0.3, 0.4) is 0 Å². The number of rotatable bonds is 5. The fourth-order valence-corrected chi connectivity index (χ4v) is 3.07. The summed E-state index contributed by atoms with van der Waals surface area (Å²) >= 11 is 0. The number of aliphatic carboxylic acids is 1. The van der Waals surface area contributed by atoms with E-state index in [1.807, 2.05) is 25.1 Å². The minimum Gasteiger partial charge on any atom is -0.481 e. The zero-order chi connectivity index (χ0) is 15.2. The van der Waals surface area contributed by atoms with E-state index in [-0.39, 0.29) is 11.8 Å². The minimum absolute atomic E-state index is 0.102. The molecule has 1 saturated carbocycles. The largest absolute Gasteiger partial charge is 0.481 e. The highest BCUT2D eigenvalue weighted by molar-refractivity contribution is 5.84. The number of nitrogens with one attached hydrogen (secondary N) is 1. The third-order valence-corrected chi connectivity index (χ3v) is 4.22. The molecule has 0 spiro atoms. The van der Waals surface area contributed by atoms with Crippen molar-refractivity contribution in [2.24, 2.45) is 11.8 Å². The first kappa shape index (κ1) is 15.5. The number of hydrogen-bond donors (Lipinski definition) is 2. The Balaban J connectivity index is 1.84. The van der Waals surface area contributed by atoms with Crippen molar-refractivity contribution in [3.8, 4) is 0 Å². The second kappa shape index (κ2) is 7.25. The molecular weight excluding hydrogens is 266 g/mol. The second-order valence-corrected chi connectivity index (χ2v) is 5.87. The molecule has 0 radical (unpaired) electrons. The van der Waals surface area contributed by atoms with Crippen LogP contribution in [0.5, 0.6) is 0 Å². The van der Waals surface area contributed by atoms with Gasteiger partial charge in [-0.3, -0.25) is 9.59 Å². The Morgan fingerprint density at radius 3 is 2.62 bits per heavy atom. The summed E-state index contributed by atoms with van der Waals surface area (Å²) in [6, 6.07) is 8.20. The predicted octanol–water partition coefficient (Wildman–Crippen LogP) is 2.54. The topological polar surface area (TPSA) is 66.4 Å². The Bertz CT molecular complexity index is 513. The van der Waals surface area contributed by atoms with Gasteiger partial charge in [0.1, 0.15) is 0 Å². The Hall–Kier alpha value is -1.84. The van der Waals surface area contributed by atoms with Crippen molar-refractivity contribution in [3.63, 3.8) is 0 Å². The molecule has 21 heavy (non-hydrogen) atoms. The third kappa shape index (κ3) is 4.31. The Labute approximate surface area is 125 Å². The van der Waals surface area contributed by atoms with Crippen LogP contribution in [0.2, 0.25) is 0 Å². The van der Waals surface area contributed by atoms with E-state index >= 15 is 0 Å². The van der Waals surface area contributed by atoms with Crippen LogP contribution in [-0.4, -0.2) is 23.5 Å². The molecule has 0 unspecified atom stereocenters. The first-order chi connectivity index (χ1) is 10.1. The molecule has 1 aromatic rings. The molecule has 114 valence electrons. The zero-order valence-electron chi connectivity index (χ0n) is 12.5. The van der Waals surface area contributed by atoms with E-state index in [0.717, 1.165) is 19.3 Å². The van der Waals surface area contributed by atoms with Crippen LogP contribution in [0, 0.1) is 18.8 Å². The lowest BCUT2D eigenvalue weighted by atomic mass is 9.78. The lowest BCUT2D eigenvalue weighted by Gasteiger charge is -2.27. The molecule has 1 fully saturated rings. The van der Waals surface area contributed by atoms with Gasteiger partial charge in [-0.1, -0.05) is 42.7 Å². The Morgan fingerprint density at radius 1 is 1.24 bits per heavy atom. The van der Waals surface area contributed by atoms with Crippen LogP contribution in [0.4, 0.5) is 0 Å². The molecule has 0 bridgehead atoms. The van der Waals surface area contributed by atoms with E-state index in [9.17, 15) is 14.7 Å². The van der Waals surface area contributed by atoms with Crippen molar-refractivity contribution in [3.05, 3.63) is 35.4 Å². The van der Waals surface area contributed by atoms with Crippen LogP contribution >= 0.6 is 0 Å². The normalized spacial score (nSPS) is 21.8. The molecule has 1 aliphatic rings. The summed E-state index contributed by atoms with van der Waals surface area (Å²) in [7, 11) is 0. The van der Waals surface area contributed by atoms with Gasteiger partial charge < -0.3 is 10.4 Å². The van der Waals surface area contributed by atoms with E-state index in [2.05, 4.69) is 11.4 Å². The van der Waals surface area contributed by atoms with Gasteiger partial charge in [0, 0.05) is 6.54 Å². The van der Waals surface area contributed by atoms with Crippen molar-refractivity contribution in [2.45, 2.75) is 39.0 Å². The molecule has 0 aliphatic heterocycles. The van der Waals surface area contributed by atoms with Crippen LogP contribution in [-0.2, 0) is 16.0 Å². The quantitative estimate of drug-likeness (QED) is 0.875. The molecule has 1 aromatic carbocycles. The maximum absolute atomic E-state index is 12.2. The van der Waals surface area contributed by atoms with E-state index in [0.29, 0.717) is 19.4 Å². The fraction of sp³-hybridized carbons (Fsp3) is 0.529. The number of carbonyl (C=O) groups is 2. The summed E-state index contributed by atoms with van der Waals surface area (Å²) in [5, 5.41) is 12.1. The van der Waals surface area contributed by atoms with Gasteiger partial charge in [0.25, 0.3) is 0 Å². The smallest absolute Gasteiger partial charge is 0.307 e. The molecular formula is C17H23NO3. The summed E-state index contributed by atoms with van der Waals surface area (Å²) in [4.78, 5) is 23.4.